The van der Waals surface area contributed by atoms with E-state index in [1.807, 2.05) is 43.0 Å². The van der Waals surface area contributed by atoms with Gasteiger partial charge in [-0.15, -0.1) is 0 Å². The van der Waals surface area contributed by atoms with E-state index < -0.39 is 0 Å². The maximum absolute atomic E-state index is 12.2. The van der Waals surface area contributed by atoms with Crippen molar-refractivity contribution in [3.8, 4) is 0 Å². The molecule has 1 unspecified atom stereocenters. The van der Waals surface area contributed by atoms with Crippen LogP contribution < -0.4 is 5.73 Å². The number of carbonyl (C=O) groups is 2. The molecule has 0 aliphatic carbocycles. The molecule has 0 saturated carbocycles. The number of rotatable bonds is 4. The van der Waals surface area contributed by atoms with Gasteiger partial charge in [-0.25, -0.2) is 0 Å². The van der Waals surface area contributed by atoms with Crippen LogP contribution in [0.4, 0.5) is 0 Å². The molecule has 1 fully saturated rings. The minimum Gasteiger partial charge on any atom is -0.368 e. The van der Waals surface area contributed by atoms with Crippen molar-refractivity contribution in [2.75, 3.05) is 6.54 Å². The van der Waals surface area contributed by atoms with E-state index in [1.165, 1.54) is 0 Å². The fourth-order valence-electron chi connectivity index (χ4n) is 2.56. The monoisotopic (exact) mass is 272 g/mol. The lowest BCUT2D eigenvalue weighted by Crippen LogP contribution is -2.39. The molecule has 1 aromatic rings. The van der Waals surface area contributed by atoms with Crippen molar-refractivity contribution in [1.82, 2.24) is 4.90 Å². The highest BCUT2D eigenvalue weighted by atomic mass is 16.1. The van der Waals surface area contributed by atoms with E-state index in [9.17, 15) is 9.59 Å². The van der Waals surface area contributed by atoms with Crippen LogP contribution in [0.15, 0.2) is 36.0 Å². The lowest BCUT2D eigenvalue weighted by atomic mass is 10.1. The van der Waals surface area contributed by atoms with Crippen LogP contribution in [0.3, 0.4) is 0 Å². The van der Waals surface area contributed by atoms with Crippen molar-refractivity contribution in [1.29, 1.82) is 0 Å². The molecule has 0 bridgehead atoms. The number of likely N-dealkylation sites (tertiary alicyclic amines) is 1. The third kappa shape index (κ3) is 3.07. The van der Waals surface area contributed by atoms with Crippen LogP contribution in [-0.4, -0.2) is 29.2 Å². The molecule has 1 aliphatic heterocycles. The van der Waals surface area contributed by atoms with E-state index in [0.29, 0.717) is 5.56 Å². The molecule has 1 aliphatic rings. The summed E-state index contributed by atoms with van der Waals surface area (Å²) in [5.74, 6) is -0.365. The van der Waals surface area contributed by atoms with Crippen LogP contribution >= 0.6 is 0 Å². The second-order valence-electron chi connectivity index (χ2n) is 5.27. The Morgan fingerprint density at radius 1 is 1.30 bits per heavy atom. The van der Waals surface area contributed by atoms with Gasteiger partial charge in [0.25, 0.3) is 0 Å². The molecule has 1 amide bonds. The number of nitrogens with zero attached hydrogens (tertiary/aromatic N) is 1. The number of ketones is 1. The number of nitrogens with two attached hydrogens (primary N) is 1. The molecule has 0 spiro atoms. The van der Waals surface area contributed by atoms with Gasteiger partial charge in [-0.3, -0.25) is 9.59 Å². The summed E-state index contributed by atoms with van der Waals surface area (Å²) in [4.78, 5) is 25.5. The highest BCUT2D eigenvalue weighted by Crippen LogP contribution is 2.22. The maximum atomic E-state index is 12.2. The maximum Gasteiger partial charge on any atom is 0.240 e. The van der Waals surface area contributed by atoms with E-state index in [1.54, 1.807) is 6.08 Å². The first-order chi connectivity index (χ1) is 9.49. The number of aryl methyl sites for hydroxylation is 1. The molecule has 1 atom stereocenters. The zero-order valence-electron chi connectivity index (χ0n) is 11.9. The molecule has 4 nitrogen and oxygen atoms in total. The summed E-state index contributed by atoms with van der Waals surface area (Å²) in [6.45, 7) is 4.61. The molecule has 2 N–H and O–H groups in total. The second kappa shape index (κ2) is 5.90. The van der Waals surface area contributed by atoms with Gasteiger partial charge < -0.3 is 10.6 Å². The predicted octanol–water partition coefficient (Wildman–Crippen LogP) is 2.03. The summed E-state index contributed by atoms with van der Waals surface area (Å²) in [7, 11) is 0. The minimum absolute atomic E-state index is 0.0439. The third-order valence-corrected chi connectivity index (χ3v) is 3.71. The van der Waals surface area contributed by atoms with Crippen LogP contribution in [0.5, 0.6) is 0 Å². The summed E-state index contributed by atoms with van der Waals surface area (Å²) in [6.07, 6.45) is 3.28. The summed E-state index contributed by atoms with van der Waals surface area (Å²) in [6, 6.07) is 7.18. The molecule has 4 heteroatoms. The first-order valence-electron chi connectivity index (χ1n) is 6.84. The highest BCUT2D eigenvalue weighted by molar-refractivity contribution is 6.04. The third-order valence-electron chi connectivity index (χ3n) is 3.71. The zero-order chi connectivity index (χ0) is 14.7. The Morgan fingerprint density at radius 3 is 2.55 bits per heavy atom. The Hall–Kier alpha value is -2.10. The van der Waals surface area contributed by atoms with Crippen LogP contribution in [-0.2, 0) is 4.79 Å². The van der Waals surface area contributed by atoms with Crippen molar-refractivity contribution in [3.63, 3.8) is 0 Å². The molecule has 1 heterocycles. The summed E-state index contributed by atoms with van der Waals surface area (Å²) < 4.78 is 0. The van der Waals surface area contributed by atoms with Crippen molar-refractivity contribution in [3.05, 3.63) is 47.2 Å². The van der Waals surface area contributed by atoms with E-state index in [-0.39, 0.29) is 17.7 Å². The van der Waals surface area contributed by atoms with Gasteiger partial charge in [0.1, 0.15) is 6.04 Å². The minimum atomic E-state index is -0.321. The zero-order valence-corrected chi connectivity index (χ0v) is 11.9. The summed E-state index contributed by atoms with van der Waals surface area (Å²) >= 11 is 0. The fourth-order valence-corrected chi connectivity index (χ4v) is 2.56. The molecule has 2 rings (SSSR count). The van der Waals surface area contributed by atoms with Gasteiger partial charge in [-0.2, -0.15) is 0 Å². The first kappa shape index (κ1) is 14.3. The van der Waals surface area contributed by atoms with Crippen molar-refractivity contribution in [2.24, 2.45) is 5.73 Å². The van der Waals surface area contributed by atoms with Crippen molar-refractivity contribution in [2.45, 2.75) is 32.7 Å². The Morgan fingerprint density at radius 2 is 1.95 bits per heavy atom. The van der Waals surface area contributed by atoms with E-state index >= 15 is 0 Å². The topological polar surface area (TPSA) is 63.4 Å². The quantitative estimate of drug-likeness (QED) is 0.674. The number of allylic oxidation sites excluding steroid dienone is 2. The number of hydrogen-bond donors (Lipinski definition) is 1. The van der Waals surface area contributed by atoms with Crippen LogP contribution in [0.2, 0.25) is 0 Å². The summed E-state index contributed by atoms with van der Waals surface area (Å²) in [5.41, 5.74) is 7.97. The molecule has 1 saturated heterocycles. The van der Waals surface area contributed by atoms with Gasteiger partial charge in [0, 0.05) is 23.9 Å². The number of carbonyl (C=O) groups excluding carboxylic acids is 2. The highest BCUT2D eigenvalue weighted by Gasteiger charge is 2.29. The normalized spacial score (nSPS) is 19.2. The Bertz CT molecular complexity index is 546. The average Bonchev–Trinajstić information content (AvgIpc) is 2.88. The average molecular weight is 272 g/mol. The number of amides is 1. The van der Waals surface area contributed by atoms with E-state index in [2.05, 4.69) is 0 Å². The molecular weight excluding hydrogens is 252 g/mol. The smallest absolute Gasteiger partial charge is 0.240 e. The standard InChI is InChI=1S/C16H20N2O2/c1-11-5-7-13(8-6-11)15(19)10-12(2)18-9-3-4-14(18)16(17)20/h5-8,10,14H,3-4,9H2,1-2H3,(H2,17,20). The summed E-state index contributed by atoms with van der Waals surface area (Å²) in [5, 5.41) is 0. The van der Waals surface area contributed by atoms with Crippen LogP contribution in [0.1, 0.15) is 35.7 Å². The number of benzene rings is 1. The first-order valence-corrected chi connectivity index (χ1v) is 6.84. The molecule has 106 valence electrons. The van der Waals surface area contributed by atoms with Crippen molar-refractivity contribution < 1.29 is 9.59 Å². The van der Waals surface area contributed by atoms with Crippen molar-refractivity contribution >= 4 is 11.7 Å². The molecule has 0 radical (unpaired) electrons. The lowest BCUT2D eigenvalue weighted by molar-refractivity contribution is -0.121. The van der Waals surface area contributed by atoms with Gasteiger partial charge in [-0.1, -0.05) is 29.8 Å². The van der Waals surface area contributed by atoms with E-state index in [0.717, 1.165) is 30.6 Å². The predicted molar refractivity (Wildman–Crippen MR) is 78.2 cm³/mol. The van der Waals surface area contributed by atoms with Gasteiger partial charge in [0.15, 0.2) is 5.78 Å². The number of primary amides is 1. The molecule has 0 aromatic heterocycles. The Kier molecular flexibility index (Phi) is 4.23. The van der Waals surface area contributed by atoms with Gasteiger partial charge >= 0.3 is 0 Å². The fraction of sp³-hybridized carbons (Fsp3) is 0.375. The van der Waals surface area contributed by atoms with Gasteiger partial charge in [-0.05, 0) is 26.7 Å². The van der Waals surface area contributed by atoms with E-state index in [4.69, 9.17) is 5.73 Å². The van der Waals surface area contributed by atoms with Crippen LogP contribution in [0, 0.1) is 6.92 Å². The van der Waals surface area contributed by atoms with Crippen LogP contribution in [0.25, 0.3) is 0 Å². The SMILES string of the molecule is CC(=CC(=O)c1ccc(C)cc1)N1CCCC1C(N)=O. The van der Waals surface area contributed by atoms with Gasteiger partial charge in [0.05, 0.1) is 0 Å². The Labute approximate surface area is 119 Å². The molecular formula is C16H20N2O2. The van der Waals surface area contributed by atoms with Gasteiger partial charge in [0.2, 0.25) is 5.91 Å². The Balaban J connectivity index is 2.15. The molecule has 1 aromatic carbocycles. The second-order valence-corrected chi connectivity index (χ2v) is 5.27. The number of hydrogen-bond acceptors (Lipinski definition) is 3. The largest absolute Gasteiger partial charge is 0.368 e. The molecule has 20 heavy (non-hydrogen) atoms. The lowest BCUT2D eigenvalue weighted by Gasteiger charge is -2.24.